The van der Waals surface area contributed by atoms with Crippen LogP contribution in [0.15, 0.2) is 12.2 Å². The maximum absolute atomic E-state index is 15.2. The summed E-state index contributed by atoms with van der Waals surface area (Å²) in [5, 5.41) is 10.1. The average Bonchev–Trinajstić information content (AvgIpc) is 3.20. The first-order valence-electron chi connectivity index (χ1n) is 10.3. The van der Waals surface area contributed by atoms with Crippen molar-refractivity contribution in [3.63, 3.8) is 0 Å². The van der Waals surface area contributed by atoms with Gasteiger partial charge < -0.3 is 14.6 Å². The number of hydrogen-bond donors (Lipinski definition) is 1. The van der Waals surface area contributed by atoms with Crippen molar-refractivity contribution in [3.8, 4) is 0 Å². The van der Waals surface area contributed by atoms with Crippen LogP contribution in [0, 0.1) is 11.8 Å². The van der Waals surface area contributed by atoms with Crippen LogP contribution in [0.4, 0.5) is 4.39 Å². The smallest absolute Gasteiger partial charge is 0.305 e. The van der Waals surface area contributed by atoms with Crippen molar-refractivity contribution in [3.05, 3.63) is 12.2 Å². The number of esters is 1. The third-order valence-electron chi connectivity index (χ3n) is 5.85. The Kier molecular flexibility index (Phi) is 10.0. The van der Waals surface area contributed by atoms with E-state index in [1.165, 1.54) is 7.11 Å². The van der Waals surface area contributed by atoms with Crippen molar-refractivity contribution in [2.75, 3.05) is 7.11 Å². The summed E-state index contributed by atoms with van der Waals surface area (Å²) in [4.78, 5) is 11.2. The van der Waals surface area contributed by atoms with Crippen LogP contribution in [0.5, 0.6) is 0 Å². The van der Waals surface area contributed by atoms with Crippen molar-refractivity contribution in [1.29, 1.82) is 0 Å². The maximum atomic E-state index is 15.2. The topological polar surface area (TPSA) is 55.8 Å². The molecule has 1 aliphatic heterocycles. The Morgan fingerprint density at radius 2 is 2.11 bits per heavy atom. The van der Waals surface area contributed by atoms with Gasteiger partial charge in [-0.05, 0) is 38.0 Å². The molecule has 4 nitrogen and oxygen atoms in total. The van der Waals surface area contributed by atoms with Crippen LogP contribution in [0.3, 0.4) is 0 Å². The van der Waals surface area contributed by atoms with Crippen LogP contribution in [0.2, 0.25) is 0 Å². The lowest BCUT2D eigenvalue weighted by molar-refractivity contribution is -0.140. The Bertz CT molecular complexity index is 487. The minimum atomic E-state index is -0.982. The van der Waals surface area contributed by atoms with Gasteiger partial charge in [-0.15, -0.1) is 0 Å². The van der Waals surface area contributed by atoms with Gasteiger partial charge in [0.15, 0.2) is 0 Å². The third-order valence-corrected chi connectivity index (χ3v) is 7.18. The van der Waals surface area contributed by atoms with E-state index in [0.29, 0.717) is 12.8 Å². The molecule has 0 aromatic heterocycles. The van der Waals surface area contributed by atoms with Gasteiger partial charge in [0.05, 0.1) is 19.3 Å². The molecule has 27 heavy (non-hydrogen) atoms. The number of alkyl halides is 2. The first kappa shape index (κ1) is 23.1. The summed E-state index contributed by atoms with van der Waals surface area (Å²) < 4.78 is 25.9. The Labute approximate surface area is 176 Å². The van der Waals surface area contributed by atoms with Gasteiger partial charge in [-0.1, -0.05) is 60.9 Å². The van der Waals surface area contributed by atoms with E-state index in [1.807, 2.05) is 12.2 Å². The molecule has 1 N–H and O–H groups in total. The highest BCUT2D eigenvalue weighted by Crippen LogP contribution is 2.47. The molecule has 7 atom stereocenters. The number of rotatable bonds is 11. The molecule has 1 aliphatic carbocycles. The molecule has 2 aliphatic rings. The largest absolute Gasteiger partial charge is 0.469 e. The SMILES string of the molecule is CCCCC[C@H](O)/C=C/[C@H]1CC[C@H]2O[C@@H](C(I)CCCC(=O)OC)C(F)[C@H]12. The third kappa shape index (κ3) is 6.67. The number of carbonyl (C=O) groups is 1. The molecule has 2 unspecified atom stereocenters. The molecule has 1 saturated carbocycles. The van der Waals surface area contributed by atoms with Crippen LogP contribution in [0.1, 0.15) is 64.7 Å². The van der Waals surface area contributed by atoms with Crippen LogP contribution >= 0.6 is 22.6 Å². The first-order valence-corrected chi connectivity index (χ1v) is 11.6. The molecule has 0 bridgehead atoms. The number of fused-ring (bicyclic) bond motifs is 1. The van der Waals surface area contributed by atoms with Gasteiger partial charge in [0.2, 0.25) is 0 Å². The molecule has 1 saturated heterocycles. The number of unbranched alkanes of at least 4 members (excludes halogenated alkanes) is 2. The second kappa shape index (κ2) is 11.7. The van der Waals surface area contributed by atoms with Crippen molar-refractivity contribution in [1.82, 2.24) is 0 Å². The summed E-state index contributed by atoms with van der Waals surface area (Å²) in [6.45, 7) is 2.15. The lowest BCUT2D eigenvalue weighted by Crippen LogP contribution is -2.32. The lowest BCUT2D eigenvalue weighted by Gasteiger charge is -2.22. The molecule has 0 aromatic carbocycles. The van der Waals surface area contributed by atoms with Crippen LogP contribution in [-0.2, 0) is 14.3 Å². The zero-order valence-corrected chi connectivity index (χ0v) is 18.6. The van der Waals surface area contributed by atoms with Gasteiger partial charge in [-0.3, -0.25) is 4.79 Å². The van der Waals surface area contributed by atoms with Gasteiger partial charge in [0, 0.05) is 16.3 Å². The Morgan fingerprint density at radius 1 is 1.33 bits per heavy atom. The molecule has 156 valence electrons. The zero-order chi connectivity index (χ0) is 19.8. The highest BCUT2D eigenvalue weighted by Gasteiger charge is 2.52. The van der Waals surface area contributed by atoms with Gasteiger partial charge >= 0.3 is 5.97 Å². The number of allylic oxidation sites excluding steroid dienone is 1. The number of halogens is 2. The van der Waals surface area contributed by atoms with Gasteiger partial charge in [-0.2, -0.15) is 0 Å². The summed E-state index contributed by atoms with van der Waals surface area (Å²) in [5.74, 6) is -0.177. The number of aliphatic hydroxyl groups excluding tert-OH is 1. The van der Waals surface area contributed by atoms with E-state index in [9.17, 15) is 9.90 Å². The predicted molar refractivity (Wildman–Crippen MR) is 113 cm³/mol. The highest BCUT2D eigenvalue weighted by atomic mass is 127. The highest BCUT2D eigenvalue weighted by molar-refractivity contribution is 14.1. The molecular formula is C21H34FIO4. The number of ether oxygens (including phenoxy) is 2. The fraction of sp³-hybridized carbons (Fsp3) is 0.857. The van der Waals surface area contributed by atoms with E-state index in [-0.39, 0.29) is 27.8 Å². The van der Waals surface area contributed by atoms with E-state index < -0.39 is 18.4 Å². The average molecular weight is 496 g/mol. The van der Waals surface area contributed by atoms with Crippen LogP contribution in [0.25, 0.3) is 0 Å². The summed E-state index contributed by atoms with van der Waals surface area (Å²) in [6.07, 6.45) is 9.75. The molecule has 2 rings (SSSR count). The van der Waals surface area contributed by atoms with E-state index in [4.69, 9.17) is 4.74 Å². The van der Waals surface area contributed by atoms with E-state index in [2.05, 4.69) is 34.3 Å². The monoisotopic (exact) mass is 496 g/mol. The van der Waals surface area contributed by atoms with Crippen LogP contribution in [-0.4, -0.2) is 46.6 Å². The summed E-state index contributed by atoms with van der Waals surface area (Å²) in [5.41, 5.74) is 0. The maximum Gasteiger partial charge on any atom is 0.305 e. The zero-order valence-electron chi connectivity index (χ0n) is 16.5. The molecule has 2 fully saturated rings. The molecule has 0 radical (unpaired) electrons. The molecule has 0 aromatic rings. The number of aliphatic hydroxyl groups is 1. The van der Waals surface area contributed by atoms with Gasteiger partial charge in [-0.25, -0.2) is 4.39 Å². The second-order valence-corrected chi connectivity index (χ2v) is 9.43. The van der Waals surface area contributed by atoms with Crippen LogP contribution < -0.4 is 0 Å². The summed E-state index contributed by atoms with van der Waals surface area (Å²) >= 11 is 2.26. The second-order valence-electron chi connectivity index (χ2n) is 7.83. The molecule has 1 heterocycles. The molecule has 0 spiro atoms. The number of methoxy groups -OCH3 is 1. The number of carbonyl (C=O) groups excluding carboxylic acids is 1. The summed E-state index contributed by atoms with van der Waals surface area (Å²) in [6, 6.07) is 0. The van der Waals surface area contributed by atoms with Crippen molar-refractivity contribution < 1.29 is 23.8 Å². The minimum Gasteiger partial charge on any atom is -0.469 e. The van der Waals surface area contributed by atoms with E-state index in [0.717, 1.165) is 44.9 Å². The van der Waals surface area contributed by atoms with Gasteiger partial charge in [0.1, 0.15) is 12.3 Å². The van der Waals surface area contributed by atoms with E-state index in [1.54, 1.807) is 0 Å². The molecular weight excluding hydrogens is 462 g/mol. The molecule has 0 amide bonds. The predicted octanol–water partition coefficient (Wildman–Crippen LogP) is 4.76. The summed E-state index contributed by atoms with van der Waals surface area (Å²) in [7, 11) is 1.39. The van der Waals surface area contributed by atoms with Crippen molar-refractivity contribution >= 4 is 28.6 Å². The Morgan fingerprint density at radius 3 is 2.81 bits per heavy atom. The fourth-order valence-electron chi connectivity index (χ4n) is 4.30. The minimum absolute atomic E-state index is 0.0187. The normalized spacial score (nSPS) is 32.6. The van der Waals surface area contributed by atoms with Crippen molar-refractivity contribution in [2.24, 2.45) is 11.8 Å². The lowest BCUT2D eigenvalue weighted by atomic mass is 9.88. The number of hydrogen-bond acceptors (Lipinski definition) is 4. The quantitative estimate of drug-likeness (QED) is 0.147. The van der Waals surface area contributed by atoms with Gasteiger partial charge in [0.25, 0.3) is 0 Å². The fourth-order valence-corrected chi connectivity index (χ4v) is 5.31. The Balaban J connectivity index is 1.83. The Hall–Kier alpha value is -0.210. The first-order chi connectivity index (χ1) is 13.0. The van der Waals surface area contributed by atoms with Crippen molar-refractivity contribution in [2.45, 2.75) is 93.1 Å². The molecule has 6 heteroatoms. The van der Waals surface area contributed by atoms with E-state index >= 15 is 4.39 Å². The standard InChI is InChI=1S/C21H34FIO4/c1-3-4-5-7-15(24)12-10-14-11-13-17-19(14)20(22)21(27-17)16(23)8-6-9-18(25)26-2/h10,12,14-17,19-21,24H,3-9,11,13H2,1-2H3/b12-10+/t14-,15-,16?,17+,19+,20?,21-/m0/s1.